The van der Waals surface area contributed by atoms with Crippen molar-refractivity contribution in [1.82, 2.24) is 10.4 Å². The molecule has 3 unspecified atom stereocenters. The summed E-state index contributed by atoms with van der Waals surface area (Å²) in [7, 11) is 1.72. The average molecular weight is 324 g/mol. The van der Waals surface area contributed by atoms with Crippen molar-refractivity contribution >= 4 is 11.7 Å². The van der Waals surface area contributed by atoms with Gasteiger partial charge >= 0.3 is 0 Å². The molecule has 5 heteroatoms. The maximum Gasteiger partial charge on any atom is 0.239 e. The van der Waals surface area contributed by atoms with Crippen LogP contribution in [0.25, 0.3) is 0 Å². The highest BCUT2D eigenvalue weighted by Gasteiger charge is 2.50. The zero-order valence-corrected chi connectivity index (χ0v) is 15.4. The molecule has 0 radical (unpaired) electrons. The van der Waals surface area contributed by atoms with Gasteiger partial charge in [-0.1, -0.05) is 34.6 Å². The summed E-state index contributed by atoms with van der Waals surface area (Å²) in [6.45, 7) is 10.5. The Balaban J connectivity index is 2.21. The van der Waals surface area contributed by atoms with E-state index in [1.807, 2.05) is 39.6 Å². The van der Waals surface area contributed by atoms with Gasteiger partial charge in [-0.3, -0.25) is 15.0 Å². The Morgan fingerprint density at radius 1 is 1.39 bits per heavy atom. The molecule has 1 aliphatic heterocycles. The highest BCUT2D eigenvalue weighted by Crippen LogP contribution is 2.40. The predicted octanol–water partition coefficient (Wildman–Crippen LogP) is 2.55. The summed E-state index contributed by atoms with van der Waals surface area (Å²) in [5.41, 5.74) is 2.28. The first-order valence-corrected chi connectivity index (χ1v) is 8.77. The molecular weight excluding hydrogens is 292 g/mol. The van der Waals surface area contributed by atoms with Crippen molar-refractivity contribution in [3.05, 3.63) is 0 Å². The summed E-state index contributed by atoms with van der Waals surface area (Å²) >= 11 is 0. The Kier molecular flexibility index (Phi) is 5.21. The predicted molar refractivity (Wildman–Crippen MR) is 89.6 cm³/mol. The lowest BCUT2D eigenvalue weighted by Gasteiger charge is -2.50. The summed E-state index contributed by atoms with van der Waals surface area (Å²) in [5.74, 6) is 0.357. The van der Waals surface area contributed by atoms with Crippen molar-refractivity contribution in [3.63, 3.8) is 0 Å². The monoisotopic (exact) mass is 324 g/mol. The van der Waals surface area contributed by atoms with E-state index in [2.05, 4.69) is 5.43 Å². The molecule has 132 valence electrons. The van der Waals surface area contributed by atoms with Crippen LogP contribution in [0.2, 0.25) is 0 Å². The van der Waals surface area contributed by atoms with E-state index in [9.17, 15) is 9.59 Å². The molecule has 0 aromatic rings. The van der Waals surface area contributed by atoms with Gasteiger partial charge in [0.2, 0.25) is 5.91 Å². The summed E-state index contributed by atoms with van der Waals surface area (Å²) in [5, 5.41) is 2.02. The summed E-state index contributed by atoms with van der Waals surface area (Å²) in [6, 6.07) is 0.0471. The normalized spacial score (nSPS) is 31.6. The van der Waals surface area contributed by atoms with E-state index >= 15 is 0 Å². The van der Waals surface area contributed by atoms with Crippen LogP contribution >= 0.6 is 0 Å². The SMILES string of the molecule is CCC(C)(C)C(=O)NN1CC(C)(C)C(=O)C2CCC(OC)CC21. The van der Waals surface area contributed by atoms with Crippen molar-refractivity contribution in [1.29, 1.82) is 0 Å². The summed E-state index contributed by atoms with van der Waals surface area (Å²) in [4.78, 5) is 25.4. The van der Waals surface area contributed by atoms with Crippen LogP contribution in [0, 0.1) is 16.7 Å². The molecule has 1 saturated carbocycles. The number of piperidine rings is 1. The van der Waals surface area contributed by atoms with E-state index in [4.69, 9.17) is 4.74 Å². The van der Waals surface area contributed by atoms with Gasteiger partial charge in [0.1, 0.15) is 5.78 Å². The number of hydrogen-bond donors (Lipinski definition) is 1. The first kappa shape index (κ1) is 18.4. The zero-order chi connectivity index (χ0) is 17.4. The van der Waals surface area contributed by atoms with E-state index in [0.29, 0.717) is 12.3 Å². The quantitative estimate of drug-likeness (QED) is 0.863. The first-order valence-electron chi connectivity index (χ1n) is 8.77. The number of amides is 1. The smallest absolute Gasteiger partial charge is 0.239 e. The molecule has 5 nitrogen and oxygen atoms in total. The average Bonchev–Trinajstić information content (AvgIpc) is 2.51. The minimum absolute atomic E-state index is 0.00445. The van der Waals surface area contributed by atoms with Gasteiger partial charge in [0, 0.05) is 36.4 Å². The minimum Gasteiger partial charge on any atom is -0.381 e. The van der Waals surface area contributed by atoms with Crippen LogP contribution in [-0.4, -0.2) is 42.5 Å². The number of Topliss-reactive ketones (excluding diaryl/α,β-unsaturated/α-hetero) is 1. The third-order valence-corrected chi connectivity index (χ3v) is 5.82. The number of methoxy groups -OCH3 is 1. The molecule has 1 aliphatic carbocycles. The lowest BCUT2D eigenvalue weighted by atomic mass is 9.68. The minimum atomic E-state index is -0.426. The molecule has 1 heterocycles. The number of carbonyl (C=O) groups is 2. The molecule has 1 N–H and O–H groups in total. The molecule has 3 atom stereocenters. The molecule has 1 amide bonds. The van der Waals surface area contributed by atoms with Crippen molar-refractivity contribution in [3.8, 4) is 0 Å². The fourth-order valence-electron chi connectivity index (χ4n) is 3.66. The molecule has 1 saturated heterocycles. The van der Waals surface area contributed by atoms with E-state index in [-0.39, 0.29) is 24.0 Å². The number of hydrogen-bond acceptors (Lipinski definition) is 4. The topological polar surface area (TPSA) is 58.6 Å². The standard InChI is InChI=1S/C18H32N2O3/c1-7-17(2,3)16(22)19-20-11-18(4,5)15(21)13-9-8-12(23-6)10-14(13)20/h12-14H,7-11H2,1-6H3,(H,19,22). The van der Waals surface area contributed by atoms with Crippen molar-refractivity contribution in [2.75, 3.05) is 13.7 Å². The largest absolute Gasteiger partial charge is 0.381 e. The molecule has 0 spiro atoms. The third-order valence-electron chi connectivity index (χ3n) is 5.82. The highest BCUT2D eigenvalue weighted by molar-refractivity contribution is 5.88. The number of rotatable bonds is 4. The van der Waals surface area contributed by atoms with Gasteiger partial charge < -0.3 is 4.74 Å². The fraction of sp³-hybridized carbons (Fsp3) is 0.889. The van der Waals surface area contributed by atoms with E-state index < -0.39 is 10.8 Å². The second-order valence-electron chi connectivity index (χ2n) is 8.40. The molecule has 2 aliphatic rings. The number of hydrazine groups is 1. The third kappa shape index (κ3) is 3.61. The number of ether oxygens (including phenoxy) is 1. The fourth-order valence-corrected chi connectivity index (χ4v) is 3.66. The van der Waals surface area contributed by atoms with Crippen molar-refractivity contribution < 1.29 is 14.3 Å². The Hall–Kier alpha value is -0.940. The van der Waals surface area contributed by atoms with Crippen LogP contribution in [0.5, 0.6) is 0 Å². The van der Waals surface area contributed by atoms with E-state index in [1.165, 1.54) is 0 Å². The Bertz CT molecular complexity index is 473. The maximum atomic E-state index is 12.8. The number of ketones is 1. The van der Waals surface area contributed by atoms with Crippen LogP contribution in [0.15, 0.2) is 0 Å². The number of fused-ring (bicyclic) bond motifs is 1. The first-order chi connectivity index (χ1) is 10.6. The second-order valence-corrected chi connectivity index (χ2v) is 8.40. The molecule has 0 bridgehead atoms. The van der Waals surface area contributed by atoms with Gasteiger partial charge in [-0.2, -0.15) is 0 Å². The molecule has 0 aromatic carbocycles. The molecule has 23 heavy (non-hydrogen) atoms. The molecule has 2 rings (SSSR count). The van der Waals surface area contributed by atoms with Crippen LogP contribution in [0.1, 0.15) is 60.3 Å². The lowest BCUT2D eigenvalue weighted by Crippen LogP contribution is -2.65. The second kappa shape index (κ2) is 6.52. The summed E-state index contributed by atoms with van der Waals surface area (Å²) < 4.78 is 5.52. The van der Waals surface area contributed by atoms with Gasteiger partial charge in [0.05, 0.1) is 6.10 Å². The van der Waals surface area contributed by atoms with Gasteiger partial charge in [0.15, 0.2) is 0 Å². The van der Waals surface area contributed by atoms with Crippen molar-refractivity contribution in [2.24, 2.45) is 16.7 Å². The Morgan fingerprint density at radius 2 is 2.04 bits per heavy atom. The highest BCUT2D eigenvalue weighted by atomic mass is 16.5. The lowest BCUT2D eigenvalue weighted by molar-refractivity contribution is -0.156. The van der Waals surface area contributed by atoms with E-state index in [1.54, 1.807) is 7.11 Å². The van der Waals surface area contributed by atoms with Gasteiger partial charge in [-0.05, 0) is 25.7 Å². The van der Waals surface area contributed by atoms with Gasteiger partial charge in [-0.15, -0.1) is 0 Å². The van der Waals surface area contributed by atoms with Crippen LogP contribution < -0.4 is 5.43 Å². The van der Waals surface area contributed by atoms with Crippen LogP contribution in [0.4, 0.5) is 0 Å². The van der Waals surface area contributed by atoms with Crippen LogP contribution in [-0.2, 0) is 14.3 Å². The number of nitrogens with one attached hydrogen (secondary N) is 1. The molecule has 2 fully saturated rings. The molecular formula is C18H32N2O3. The van der Waals surface area contributed by atoms with Gasteiger partial charge in [-0.25, -0.2) is 5.01 Å². The maximum absolute atomic E-state index is 12.8. The Morgan fingerprint density at radius 3 is 2.61 bits per heavy atom. The van der Waals surface area contributed by atoms with Crippen LogP contribution in [0.3, 0.4) is 0 Å². The Labute approximate surface area is 140 Å². The zero-order valence-electron chi connectivity index (χ0n) is 15.4. The van der Waals surface area contributed by atoms with Gasteiger partial charge in [0.25, 0.3) is 0 Å². The van der Waals surface area contributed by atoms with Crippen molar-refractivity contribution in [2.45, 2.75) is 72.4 Å². The summed E-state index contributed by atoms with van der Waals surface area (Å²) in [6.07, 6.45) is 3.51. The number of nitrogens with zero attached hydrogens (tertiary/aromatic N) is 1. The molecule has 0 aromatic heterocycles. The number of carbonyl (C=O) groups excluding carboxylic acids is 2. The van der Waals surface area contributed by atoms with E-state index in [0.717, 1.165) is 25.7 Å².